The highest BCUT2D eigenvalue weighted by molar-refractivity contribution is 6.31. The maximum Gasteiger partial charge on any atom is 0.0716 e. The van der Waals surface area contributed by atoms with Gasteiger partial charge in [-0.2, -0.15) is 0 Å². The van der Waals surface area contributed by atoms with Gasteiger partial charge < -0.3 is 10.0 Å². The van der Waals surface area contributed by atoms with Gasteiger partial charge in [0.15, 0.2) is 0 Å². The zero-order chi connectivity index (χ0) is 13.2. The van der Waals surface area contributed by atoms with Crippen molar-refractivity contribution in [3.05, 3.63) is 28.8 Å². The van der Waals surface area contributed by atoms with Crippen LogP contribution in [0, 0.1) is 5.41 Å². The van der Waals surface area contributed by atoms with E-state index in [1.54, 1.807) is 0 Å². The predicted molar refractivity (Wildman–Crippen MR) is 77.2 cm³/mol. The van der Waals surface area contributed by atoms with E-state index in [1.165, 1.54) is 19.3 Å². The molecule has 1 aliphatic heterocycles. The summed E-state index contributed by atoms with van der Waals surface area (Å²) in [5.74, 6) is 0. The average molecular weight is 268 g/mol. The van der Waals surface area contributed by atoms with Crippen molar-refractivity contribution in [3.8, 4) is 0 Å². The fraction of sp³-hybridized carbons (Fsp3) is 0.600. The van der Waals surface area contributed by atoms with Crippen LogP contribution in [0.25, 0.3) is 0 Å². The predicted octanol–water partition coefficient (Wildman–Crippen LogP) is 3.85. The molecular weight excluding hydrogens is 246 g/mol. The molecule has 0 saturated carbocycles. The van der Waals surface area contributed by atoms with Crippen molar-refractivity contribution >= 4 is 17.3 Å². The quantitative estimate of drug-likeness (QED) is 0.896. The molecule has 1 heterocycles. The van der Waals surface area contributed by atoms with Crippen LogP contribution >= 0.6 is 11.6 Å². The van der Waals surface area contributed by atoms with Crippen LogP contribution in [0.5, 0.6) is 0 Å². The van der Waals surface area contributed by atoms with Crippen LogP contribution in [0.1, 0.15) is 38.7 Å². The topological polar surface area (TPSA) is 23.5 Å². The van der Waals surface area contributed by atoms with E-state index in [1.807, 2.05) is 12.1 Å². The van der Waals surface area contributed by atoms with E-state index < -0.39 is 0 Å². The highest BCUT2D eigenvalue weighted by atomic mass is 35.5. The molecule has 0 radical (unpaired) electrons. The lowest BCUT2D eigenvalue weighted by Crippen LogP contribution is -2.26. The first-order valence-corrected chi connectivity index (χ1v) is 7.17. The van der Waals surface area contributed by atoms with Gasteiger partial charge in [0, 0.05) is 29.4 Å². The lowest BCUT2D eigenvalue weighted by atomic mass is 9.82. The van der Waals surface area contributed by atoms with Gasteiger partial charge in [0.1, 0.15) is 0 Å². The molecule has 1 aromatic carbocycles. The average Bonchev–Trinajstić information content (AvgIpc) is 2.83. The summed E-state index contributed by atoms with van der Waals surface area (Å²) in [5, 5.41) is 10.2. The molecule has 1 saturated heterocycles. The summed E-state index contributed by atoms with van der Waals surface area (Å²) < 4.78 is 0. The van der Waals surface area contributed by atoms with Gasteiger partial charge >= 0.3 is 0 Å². The number of halogens is 1. The summed E-state index contributed by atoms with van der Waals surface area (Å²) >= 11 is 6.16. The van der Waals surface area contributed by atoms with Crippen molar-refractivity contribution in [1.29, 1.82) is 0 Å². The third-order valence-corrected chi connectivity index (χ3v) is 4.89. The minimum atomic E-state index is 0.0107. The number of anilines is 1. The van der Waals surface area contributed by atoms with Crippen LogP contribution in [-0.4, -0.2) is 18.2 Å². The highest BCUT2D eigenvalue weighted by Crippen LogP contribution is 2.40. The van der Waals surface area contributed by atoms with E-state index >= 15 is 0 Å². The second-order valence-corrected chi connectivity index (χ2v) is 5.68. The maximum absolute atomic E-state index is 9.49. The molecular formula is C15H22ClNO. The van der Waals surface area contributed by atoms with Crippen molar-refractivity contribution in [2.45, 2.75) is 39.7 Å². The molecule has 2 nitrogen and oxygen atoms in total. The Morgan fingerprint density at radius 3 is 2.61 bits per heavy atom. The number of nitrogens with zero attached hydrogens (tertiary/aromatic N) is 1. The van der Waals surface area contributed by atoms with Crippen molar-refractivity contribution in [1.82, 2.24) is 0 Å². The van der Waals surface area contributed by atoms with Crippen LogP contribution in [0.2, 0.25) is 5.02 Å². The minimum Gasteiger partial charge on any atom is -0.392 e. The summed E-state index contributed by atoms with van der Waals surface area (Å²) in [6.45, 7) is 6.70. The first-order chi connectivity index (χ1) is 8.65. The van der Waals surface area contributed by atoms with E-state index in [-0.39, 0.29) is 6.61 Å². The summed E-state index contributed by atoms with van der Waals surface area (Å²) in [4.78, 5) is 2.38. The molecule has 0 atom stereocenters. The SMILES string of the molecule is CCC1(CC)CCN(c2cccc(Cl)c2CO)C1. The molecule has 100 valence electrons. The van der Waals surface area contributed by atoms with Gasteiger partial charge in [0.2, 0.25) is 0 Å². The Balaban J connectivity index is 2.27. The zero-order valence-corrected chi connectivity index (χ0v) is 12.0. The molecule has 1 aliphatic rings. The van der Waals surface area contributed by atoms with E-state index in [9.17, 15) is 5.11 Å². The lowest BCUT2D eigenvalue weighted by Gasteiger charge is -2.28. The number of benzene rings is 1. The summed E-state index contributed by atoms with van der Waals surface area (Å²) in [6.07, 6.45) is 3.67. The van der Waals surface area contributed by atoms with E-state index in [0.717, 1.165) is 24.3 Å². The molecule has 0 spiro atoms. The van der Waals surface area contributed by atoms with E-state index in [2.05, 4.69) is 24.8 Å². The maximum atomic E-state index is 9.49. The molecule has 0 aliphatic carbocycles. The Morgan fingerprint density at radius 1 is 1.33 bits per heavy atom. The van der Waals surface area contributed by atoms with Crippen LogP contribution in [0.3, 0.4) is 0 Å². The normalized spacial score (nSPS) is 18.3. The second kappa shape index (κ2) is 5.50. The van der Waals surface area contributed by atoms with E-state index in [4.69, 9.17) is 11.6 Å². The molecule has 0 unspecified atom stereocenters. The molecule has 3 heteroatoms. The Bertz CT molecular complexity index is 415. The van der Waals surface area contributed by atoms with Crippen molar-refractivity contribution < 1.29 is 5.11 Å². The second-order valence-electron chi connectivity index (χ2n) is 5.27. The highest BCUT2D eigenvalue weighted by Gasteiger charge is 2.35. The number of rotatable bonds is 4. The fourth-order valence-electron chi connectivity index (χ4n) is 2.97. The summed E-state index contributed by atoms with van der Waals surface area (Å²) in [5.41, 5.74) is 2.41. The molecule has 2 rings (SSSR count). The van der Waals surface area contributed by atoms with Crippen LogP contribution in [0.4, 0.5) is 5.69 Å². The molecule has 18 heavy (non-hydrogen) atoms. The number of hydrogen-bond acceptors (Lipinski definition) is 2. The standard InChI is InChI=1S/C15H22ClNO/c1-3-15(4-2)8-9-17(11-15)14-7-5-6-13(16)12(14)10-18/h5-7,18H,3-4,8-11H2,1-2H3. The van der Waals surface area contributed by atoms with Gasteiger partial charge in [-0.15, -0.1) is 0 Å². The van der Waals surface area contributed by atoms with Gasteiger partial charge in [-0.3, -0.25) is 0 Å². The van der Waals surface area contributed by atoms with E-state index in [0.29, 0.717) is 10.4 Å². The van der Waals surface area contributed by atoms with Crippen molar-refractivity contribution in [2.75, 3.05) is 18.0 Å². The van der Waals surface area contributed by atoms with Gasteiger partial charge in [-0.25, -0.2) is 0 Å². The van der Waals surface area contributed by atoms with Crippen LogP contribution in [0.15, 0.2) is 18.2 Å². The third-order valence-electron chi connectivity index (χ3n) is 4.53. The number of aliphatic hydroxyl groups excluding tert-OH is 1. The van der Waals surface area contributed by atoms with Crippen LogP contribution in [-0.2, 0) is 6.61 Å². The van der Waals surface area contributed by atoms with Gasteiger partial charge in [-0.05, 0) is 36.8 Å². The molecule has 1 aromatic rings. The van der Waals surface area contributed by atoms with Gasteiger partial charge in [-0.1, -0.05) is 31.5 Å². The fourth-order valence-corrected chi connectivity index (χ4v) is 3.20. The Labute approximate surface area is 115 Å². The first kappa shape index (κ1) is 13.7. The monoisotopic (exact) mass is 267 g/mol. The minimum absolute atomic E-state index is 0.0107. The molecule has 0 aromatic heterocycles. The molecule has 0 amide bonds. The molecule has 1 fully saturated rings. The Morgan fingerprint density at radius 2 is 2.06 bits per heavy atom. The molecule has 0 bridgehead atoms. The van der Waals surface area contributed by atoms with Gasteiger partial charge in [0.05, 0.1) is 6.61 Å². The summed E-state index contributed by atoms with van der Waals surface area (Å²) in [6, 6.07) is 5.88. The Hall–Kier alpha value is -0.730. The number of hydrogen-bond donors (Lipinski definition) is 1. The lowest BCUT2D eigenvalue weighted by molar-refractivity contribution is 0.281. The smallest absolute Gasteiger partial charge is 0.0716 e. The number of aliphatic hydroxyl groups is 1. The van der Waals surface area contributed by atoms with Gasteiger partial charge in [0.25, 0.3) is 0 Å². The molecule has 1 N–H and O–H groups in total. The van der Waals surface area contributed by atoms with Crippen LogP contribution < -0.4 is 4.90 Å². The third kappa shape index (κ3) is 2.36. The largest absolute Gasteiger partial charge is 0.392 e. The first-order valence-electron chi connectivity index (χ1n) is 6.79. The van der Waals surface area contributed by atoms with Crippen molar-refractivity contribution in [2.24, 2.45) is 5.41 Å². The summed E-state index contributed by atoms with van der Waals surface area (Å²) in [7, 11) is 0. The Kier molecular flexibility index (Phi) is 4.18. The van der Waals surface area contributed by atoms with Crippen molar-refractivity contribution in [3.63, 3.8) is 0 Å². The zero-order valence-electron chi connectivity index (χ0n) is 11.2.